The molecule has 0 radical (unpaired) electrons. The van der Waals surface area contributed by atoms with E-state index in [1.807, 2.05) is 6.07 Å². The van der Waals surface area contributed by atoms with Gasteiger partial charge in [-0.05, 0) is 31.5 Å². The smallest absolute Gasteiger partial charge is 0.305 e. The van der Waals surface area contributed by atoms with Crippen LogP contribution in [0, 0.1) is 10.1 Å². The van der Waals surface area contributed by atoms with Gasteiger partial charge in [0.15, 0.2) is 0 Å². The van der Waals surface area contributed by atoms with Crippen LogP contribution in [0.1, 0.15) is 25.3 Å². The third-order valence-electron chi connectivity index (χ3n) is 2.52. The summed E-state index contributed by atoms with van der Waals surface area (Å²) in [6.45, 7) is 3.34. The molecule has 1 aromatic rings. The van der Waals surface area contributed by atoms with Crippen molar-refractivity contribution in [3.63, 3.8) is 0 Å². The van der Waals surface area contributed by atoms with E-state index in [1.54, 1.807) is 6.92 Å². The van der Waals surface area contributed by atoms with Gasteiger partial charge < -0.3 is 10.1 Å². The zero-order valence-corrected chi connectivity index (χ0v) is 12.8. The average Bonchev–Trinajstić information content (AvgIpc) is 2.38. The lowest BCUT2D eigenvalue weighted by Gasteiger charge is -2.06. The fraction of sp³-hybridized carbons (Fsp3) is 0.462. The number of carbonyl (C=O) groups is 1. The molecule has 0 bridgehead atoms. The summed E-state index contributed by atoms with van der Waals surface area (Å²) in [5.74, 6) is -0.201. The first-order valence-electron chi connectivity index (χ1n) is 6.33. The normalized spacial score (nSPS) is 10.3. The maximum Gasteiger partial charge on any atom is 0.305 e. The average molecular weight is 345 g/mol. The first-order valence-corrected chi connectivity index (χ1v) is 7.12. The molecule has 1 N–H and O–H groups in total. The van der Waals surface area contributed by atoms with Gasteiger partial charge in [0.05, 0.1) is 11.5 Å². The lowest BCUT2D eigenvalue weighted by Crippen LogP contribution is -2.16. The third kappa shape index (κ3) is 6.12. The number of rotatable bonds is 8. The molecule has 7 heteroatoms. The Kier molecular flexibility index (Phi) is 7.17. The van der Waals surface area contributed by atoms with Crippen LogP contribution in [0.2, 0.25) is 0 Å². The summed E-state index contributed by atoms with van der Waals surface area (Å²) in [6, 6.07) is 4.82. The van der Waals surface area contributed by atoms with Crippen molar-refractivity contribution < 1.29 is 14.5 Å². The third-order valence-corrected chi connectivity index (χ3v) is 2.98. The van der Waals surface area contributed by atoms with Crippen LogP contribution in [0.3, 0.4) is 0 Å². The lowest BCUT2D eigenvalue weighted by atomic mass is 10.2. The number of nitrogens with one attached hydrogen (secondary N) is 1. The summed E-state index contributed by atoms with van der Waals surface area (Å²) >= 11 is 3.25. The van der Waals surface area contributed by atoms with E-state index in [0.717, 1.165) is 5.56 Å². The Morgan fingerprint density at radius 1 is 1.45 bits per heavy atom. The molecular weight excluding hydrogens is 328 g/mol. The second-order valence-corrected chi connectivity index (χ2v) is 5.08. The highest BCUT2D eigenvalue weighted by Gasteiger charge is 2.08. The molecule has 0 aliphatic carbocycles. The molecule has 0 aliphatic heterocycles. The van der Waals surface area contributed by atoms with Gasteiger partial charge in [-0.15, -0.1) is 0 Å². The predicted octanol–water partition coefficient (Wildman–Crippen LogP) is 2.79. The highest BCUT2D eigenvalue weighted by molar-refractivity contribution is 9.10. The molecule has 1 rings (SSSR count). The zero-order valence-electron chi connectivity index (χ0n) is 11.2. The Balaban J connectivity index is 2.35. The number of carbonyl (C=O) groups excluding carboxylic acids is 1. The van der Waals surface area contributed by atoms with E-state index in [0.29, 0.717) is 37.0 Å². The molecule has 110 valence electrons. The SMILES string of the molecule is CCOC(=O)CCCNCc1cc(Br)cc([N+](=O)[O-])c1. The van der Waals surface area contributed by atoms with E-state index in [9.17, 15) is 14.9 Å². The Bertz CT molecular complexity index is 479. The molecule has 0 aliphatic rings. The van der Waals surface area contributed by atoms with Crippen LogP contribution in [0.25, 0.3) is 0 Å². The summed E-state index contributed by atoms with van der Waals surface area (Å²) in [6.07, 6.45) is 1.05. The van der Waals surface area contributed by atoms with Gasteiger partial charge in [0.1, 0.15) is 0 Å². The Hall–Kier alpha value is -1.47. The Labute approximate surface area is 125 Å². The van der Waals surface area contributed by atoms with E-state index in [4.69, 9.17) is 4.74 Å². The number of esters is 1. The van der Waals surface area contributed by atoms with Gasteiger partial charge >= 0.3 is 5.97 Å². The van der Waals surface area contributed by atoms with Crippen molar-refractivity contribution in [3.05, 3.63) is 38.3 Å². The van der Waals surface area contributed by atoms with E-state index >= 15 is 0 Å². The number of hydrogen-bond acceptors (Lipinski definition) is 5. The number of halogens is 1. The quantitative estimate of drug-likeness (QED) is 0.339. The molecule has 0 saturated carbocycles. The highest BCUT2D eigenvalue weighted by atomic mass is 79.9. The number of ether oxygens (including phenoxy) is 1. The standard InChI is InChI=1S/C13H17BrN2O4/c1-2-20-13(17)4-3-5-15-9-10-6-11(14)8-12(7-10)16(18)19/h6-8,15H,2-5,9H2,1H3. The number of nitro benzene ring substituents is 1. The maximum absolute atomic E-state index is 11.1. The number of hydrogen-bond donors (Lipinski definition) is 1. The van der Waals surface area contributed by atoms with Crippen molar-refractivity contribution in [1.82, 2.24) is 5.32 Å². The largest absolute Gasteiger partial charge is 0.466 e. The van der Waals surface area contributed by atoms with Crippen molar-refractivity contribution >= 4 is 27.6 Å². The molecule has 1 aromatic carbocycles. The second kappa shape index (κ2) is 8.65. The second-order valence-electron chi connectivity index (χ2n) is 4.16. The highest BCUT2D eigenvalue weighted by Crippen LogP contribution is 2.21. The van der Waals surface area contributed by atoms with Crippen molar-refractivity contribution in [1.29, 1.82) is 0 Å². The minimum absolute atomic E-state index is 0.0581. The first-order chi connectivity index (χ1) is 9.52. The first kappa shape index (κ1) is 16.6. The van der Waals surface area contributed by atoms with Crippen LogP contribution in [0.4, 0.5) is 5.69 Å². The number of nitro groups is 1. The van der Waals surface area contributed by atoms with Crippen LogP contribution in [0.5, 0.6) is 0 Å². The summed E-state index contributed by atoms with van der Waals surface area (Å²) in [5.41, 5.74) is 0.880. The summed E-state index contributed by atoms with van der Waals surface area (Å²) in [7, 11) is 0. The van der Waals surface area contributed by atoms with Crippen LogP contribution in [-0.4, -0.2) is 24.0 Å². The van der Waals surface area contributed by atoms with Gasteiger partial charge in [0.2, 0.25) is 0 Å². The molecule has 0 aromatic heterocycles. The molecule has 0 amide bonds. The van der Waals surface area contributed by atoms with Crippen molar-refractivity contribution in [2.24, 2.45) is 0 Å². The number of nitrogens with zero attached hydrogens (tertiary/aromatic N) is 1. The van der Waals surface area contributed by atoms with Gasteiger partial charge in [-0.2, -0.15) is 0 Å². The zero-order chi connectivity index (χ0) is 15.0. The molecule has 20 heavy (non-hydrogen) atoms. The van der Waals surface area contributed by atoms with E-state index in [-0.39, 0.29) is 11.7 Å². The molecule has 0 saturated heterocycles. The Morgan fingerprint density at radius 2 is 2.20 bits per heavy atom. The molecule has 0 atom stereocenters. The van der Waals surface area contributed by atoms with Crippen molar-refractivity contribution in [2.75, 3.05) is 13.2 Å². The maximum atomic E-state index is 11.1. The lowest BCUT2D eigenvalue weighted by molar-refractivity contribution is -0.385. The fourth-order valence-electron chi connectivity index (χ4n) is 1.66. The van der Waals surface area contributed by atoms with Gasteiger partial charge in [-0.3, -0.25) is 14.9 Å². The molecular formula is C13H17BrN2O4. The molecule has 0 heterocycles. The molecule has 0 unspecified atom stereocenters. The number of non-ortho nitro benzene ring substituents is 1. The monoisotopic (exact) mass is 344 g/mol. The van der Waals surface area contributed by atoms with Crippen LogP contribution in [-0.2, 0) is 16.1 Å². The number of benzene rings is 1. The summed E-state index contributed by atoms with van der Waals surface area (Å²) < 4.78 is 5.49. The van der Waals surface area contributed by atoms with Crippen molar-refractivity contribution in [2.45, 2.75) is 26.3 Å². The molecule has 0 spiro atoms. The van der Waals surface area contributed by atoms with Crippen LogP contribution < -0.4 is 5.32 Å². The predicted molar refractivity (Wildman–Crippen MR) is 78.4 cm³/mol. The van der Waals surface area contributed by atoms with E-state index in [2.05, 4.69) is 21.2 Å². The molecule has 0 fully saturated rings. The fourth-order valence-corrected chi connectivity index (χ4v) is 2.19. The minimum atomic E-state index is -0.422. The van der Waals surface area contributed by atoms with E-state index < -0.39 is 4.92 Å². The topological polar surface area (TPSA) is 81.5 Å². The van der Waals surface area contributed by atoms with Crippen molar-refractivity contribution in [3.8, 4) is 0 Å². The molecule has 6 nitrogen and oxygen atoms in total. The van der Waals surface area contributed by atoms with Gasteiger partial charge in [-0.1, -0.05) is 15.9 Å². The van der Waals surface area contributed by atoms with Gasteiger partial charge in [0, 0.05) is 29.6 Å². The van der Waals surface area contributed by atoms with E-state index in [1.165, 1.54) is 12.1 Å². The van der Waals surface area contributed by atoms with Crippen LogP contribution >= 0.6 is 15.9 Å². The Morgan fingerprint density at radius 3 is 2.85 bits per heavy atom. The van der Waals surface area contributed by atoms with Gasteiger partial charge in [0.25, 0.3) is 5.69 Å². The summed E-state index contributed by atoms with van der Waals surface area (Å²) in [4.78, 5) is 21.4. The summed E-state index contributed by atoms with van der Waals surface area (Å²) in [5, 5.41) is 13.9. The van der Waals surface area contributed by atoms with Crippen LogP contribution in [0.15, 0.2) is 22.7 Å². The minimum Gasteiger partial charge on any atom is -0.466 e. The van der Waals surface area contributed by atoms with Gasteiger partial charge in [-0.25, -0.2) is 0 Å².